The van der Waals surface area contributed by atoms with Crippen LogP contribution in [0.5, 0.6) is 0 Å². The lowest BCUT2D eigenvalue weighted by Gasteiger charge is -2.16. The summed E-state index contributed by atoms with van der Waals surface area (Å²) in [5.41, 5.74) is 5.59. The molecule has 0 saturated carbocycles. The van der Waals surface area contributed by atoms with Gasteiger partial charge in [-0.05, 0) is 31.0 Å². The first kappa shape index (κ1) is 9.40. The lowest BCUT2D eigenvalue weighted by molar-refractivity contribution is 0.601. The highest BCUT2D eigenvalue weighted by atomic mass is 19.1. The van der Waals surface area contributed by atoms with Gasteiger partial charge in [0.15, 0.2) is 0 Å². The van der Waals surface area contributed by atoms with Crippen LogP contribution in [0.4, 0.5) is 10.2 Å². The van der Waals surface area contributed by atoms with Crippen molar-refractivity contribution in [1.82, 2.24) is 4.98 Å². The highest BCUT2D eigenvalue weighted by Gasteiger charge is 2.21. The third-order valence-corrected chi connectivity index (χ3v) is 2.65. The third-order valence-electron chi connectivity index (χ3n) is 2.65. The van der Waals surface area contributed by atoms with Gasteiger partial charge in [-0.3, -0.25) is 0 Å². The summed E-state index contributed by atoms with van der Waals surface area (Å²) in [6.45, 7) is 2.63. The van der Waals surface area contributed by atoms with Gasteiger partial charge in [0.05, 0.1) is 6.20 Å². The van der Waals surface area contributed by atoms with E-state index in [1.807, 2.05) is 0 Å². The second kappa shape index (κ2) is 3.92. The summed E-state index contributed by atoms with van der Waals surface area (Å²) in [6, 6.07) is 3.16. The van der Waals surface area contributed by atoms with Crippen LogP contribution in [0.15, 0.2) is 18.3 Å². The smallest absolute Gasteiger partial charge is 0.141 e. The van der Waals surface area contributed by atoms with Gasteiger partial charge in [0.2, 0.25) is 0 Å². The van der Waals surface area contributed by atoms with Gasteiger partial charge in [-0.2, -0.15) is 0 Å². The van der Waals surface area contributed by atoms with E-state index in [1.165, 1.54) is 12.3 Å². The molecule has 1 aliphatic rings. The number of nitrogens with zero attached hydrogens (tertiary/aromatic N) is 2. The lowest BCUT2D eigenvalue weighted by Crippen LogP contribution is -2.23. The van der Waals surface area contributed by atoms with E-state index in [9.17, 15) is 4.39 Å². The molecule has 1 aliphatic heterocycles. The summed E-state index contributed by atoms with van der Waals surface area (Å²) in [4.78, 5) is 6.19. The second-order valence-electron chi connectivity index (χ2n) is 3.67. The molecular weight excluding hydrogens is 181 g/mol. The van der Waals surface area contributed by atoms with Crippen molar-refractivity contribution in [2.75, 3.05) is 24.5 Å². The maximum atomic E-state index is 12.6. The van der Waals surface area contributed by atoms with Crippen LogP contribution in [-0.4, -0.2) is 24.6 Å². The molecule has 0 aliphatic carbocycles. The van der Waals surface area contributed by atoms with Crippen molar-refractivity contribution in [2.45, 2.75) is 6.42 Å². The molecule has 0 radical (unpaired) electrons. The largest absolute Gasteiger partial charge is 0.356 e. The third kappa shape index (κ3) is 1.85. The van der Waals surface area contributed by atoms with Crippen molar-refractivity contribution < 1.29 is 4.39 Å². The van der Waals surface area contributed by atoms with Crippen LogP contribution in [-0.2, 0) is 0 Å². The summed E-state index contributed by atoms with van der Waals surface area (Å²) < 4.78 is 12.6. The average Bonchev–Trinajstić information content (AvgIpc) is 2.67. The van der Waals surface area contributed by atoms with Crippen molar-refractivity contribution in [3.63, 3.8) is 0 Å². The molecule has 1 aromatic heterocycles. The molecule has 14 heavy (non-hydrogen) atoms. The zero-order valence-electron chi connectivity index (χ0n) is 7.99. The number of rotatable bonds is 2. The van der Waals surface area contributed by atoms with Crippen molar-refractivity contribution in [1.29, 1.82) is 0 Å². The molecule has 4 heteroatoms. The molecular formula is C10H14FN3. The van der Waals surface area contributed by atoms with Crippen molar-refractivity contribution in [3.8, 4) is 0 Å². The summed E-state index contributed by atoms with van der Waals surface area (Å²) in [6.07, 6.45) is 2.36. The minimum Gasteiger partial charge on any atom is -0.356 e. The van der Waals surface area contributed by atoms with Gasteiger partial charge in [-0.25, -0.2) is 9.37 Å². The number of anilines is 1. The summed E-state index contributed by atoms with van der Waals surface area (Å²) >= 11 is 0. The topological polar surface area (TPSA) is 42.1 Å². The Morgan fingerprint density at radius 3 is 3.00 bits per heavy atom. The van der Waals surface area contributed by atoms with E-state index in [2.05, 4.69) is 9.88 Å². The molecule has 1 unspecified atom stereocenters. The molecule has 76 valence electrons. The maximum absolute atomic E-state index is 12.6. The van der Waals surface area contributed by atoms with Crippen LogP contribution in [0.1, 0.15) is 6.42 Å². The Bertz CT molecular complexity index is 299. The van der Waals surface area contributed by atoms with Gasteiger partial charge in [-0.1, -0.05) is 0 Å². The molecule has 1 atom stereocenters. The van der Waals surface area contributed by atoms with Crippen LogP contribution in [0.3, 0.4) is 0 Å². The number of hydrogen-bond donors (Lipinski definition) is 1. The van der Waals surface area contributed by atoms with E-state index < -0.39 is 0 Å². The van der Waals surface area contributed by atoms with E-state index in [0.717, 1.165) is 31.9 Å². The average molecular weight is 195 g/mol. The van der Waals surface area contributed by atoms with E-state index >= 15 is 0 Å². The minimum absolute atomic E-state index is 0.289. The first-order chi connectivity index (χ1) is 6.79. The van der Waals surface area contributed by atoms with Crippen molar-refractivity contribution in [3.05, 3.63) is 24.1 Å². The minimum atomic E-state index is -0.289. The monoisotopic (exact) mass is 195 g/mol. The summed E-state index contributed by atoms with van der Waals surface area (Å²) in [5, 5.41) is 0. The van der Waals surface area contributed by atoms with E-state index in [-0.39, 0.29) is 5.82 Å². The van der Waals surface area contributed by atoms with Crippen LogP contribution in [0.2, 0.25) is 0 Å². The lowest BCUT2D eigenvalue weighted by atomic mass is 10.1. The van der Waals surface area contributed by atoms with E-state index in [1.54, 1.807) is 6.07 Å². The molecule has 2 rings (SSSR count). The molecule has 1 fully saturated rings. The fourth-order valence-corrected chi connectivity index (χ4v) is 1.79. The first-order valence-corrected chi connectivity index (χ1v) is 4.86. The van der Waals surface area contributed by atoms with E-state index in [0.29, 0.717) is 5.92 Å². The highest BCUT2D eigenvalue weighted by molar-refractivity contribution is 5.39. The molecule has 0 spiro atoms. The standard InChI is InChI=1S/C10H14FN3/c11-9-1-2-10(13-6-9)14-4-3-8(5-12)7-14/h1-2,6,8H,3-5,7,12H2. The van der Waals surface area contributed by atoms with Gasteiger partial charge < -0.3 is 10.6 Å². The van der Waals surface area contributed by atoms with Gasteiger partial charge in [0, 0.05) is 13.1 Å². The molecule has 3 nitrogen and oxygen atoms in total. The van der Waals surface area contributed by atoms with E-state index in [4.69, 9.17) is 5.73 Å². The maximum Gasteiger partial charge on any atom is 0.141 e. The number of hydrogen-bond acceptors (Lipinski definition) is 3. The van der Waals surface area contributed by atoms with Gasteiger partial charge >= 0.3 is 0 Å². The van der Waals surface area contributed by atoms with Crippen LogP contribution >= 0.6 is 0 Å². The van der Waals surface area contributed by atoms with Crippen molar-refractivity contribution >= 4 is 5.82 Å². The normalized spacial score (nSPS) is 21.6. The Morgan fingerprint density at radius 1 is 1.57 bits per heavy atom. The summed E-state index contributed by atoms with van der Waals surface area (Å²) in [5.74, 6) is 1.12. The Morgan fingerprint density at radius 2 is 2.43 bits per heavy atom. The number of nitrogens with two attached hydrogens (primary N) is 1. The molecule has 0 bridgehead atoms. The quantitative estimate of drug-likeness (QED) is 0.765. The molecule has 2 N–H and O–H groups in total. The Labute approximate surface area is 82.7 Å². The predicted molar refractivity (Wildman–Crippen MR) is 53.6 cm³/mol. The number of pyridine rings is 1. The molecule has 1 saturated heterocycles. The Kier molecular flexibility index (Phi) is 2.63. The fourth-order valence-electron chi connectivity index (χ4n) is 1.79. The van der Waals surface area contributed by atoms with Crippen LogP contribution in [0.25, 0.3) is 0 Å². The molecule has 1 aromatic rings. The first-order valence-electron chi connectivity index (χ1n) is 4.86. The van der Waals surface area contributed by atoms with Gasteiger partial charge in [0.25, 0.3) is 0 Å². The van der Waals surface area contributed by atoms with Gasteiger partial charge in [-0.15, -0.1) is 0 Å². The van der Waals surface area contributed by atoms with Crippen LogP contribution < -0.4 is 10.6 Å². The Hall–Kier alpha value is -1.16. The van der Waals surface area contributed by atoms with Crippen molar-refractivity contribution in [2.24, 2.45) is 11.7 Å². The number of aromatic nitrogens is 1. The predicted octanol–water partition coefficient (Wildman–Crippen LogP) is 1.01. The second-order valence-corrected chi connectivity index (χ2v) is 3.67. The SMILES string of the molecule is NCC1CCN(c2ccc(F)cn2)C1. The number of halogens is 1. The fraction of sp³-hybridized carbons (Fsp3) is 0.500. The zero-order chi connectivity index (χ0) is 9.97. The highest BCUT2D eigenvalue weighted by Crippen LogP contribution is 2.20. The van der Waals surface area contributed by atoms with Gasteiger partial charge in [0.1, 0.15) is 11.6 Å². The molecule has 2 heterocycles. The Balaban J connectivity index is 2.06. The molecule has 0 amide bonds. The molecule has 0 aromatic carbocycles. The zero-order valence-corrected chi connectivity index (χ0v) is 7.99. The van der Waals surface area contributed by atoms with Crippen LogP contribution in [0, 0.1) is 11.7 Å². The summed E-state index contributed by atoms with van der Waals surface area (Å²) in [7, 11) is 0.